The molecule has 1 atom stereocenters. The van der Waals surface area contributed by atoms with Crippen molar-refractivity contribution < 1.29 is 23.8 Å². The molecule has 1 heterocycles. The van der Waals surface area contributed by atoms with Gasteiger partial charge < -0.3 is 19.5 Å². The molecule has 0 amide bonds. The Hall–Kier alpha value is -4.02. The quantitative estimate of drug-likeness (QED) is 0.364. The van der Waals surface area contributed by atoms with Gasteiger partial charge in [-0.2, -0.15) is 5.26 Å². The lowest BCUT2D eigenvalue weighted by Crippen LogP contribution is -2.32. The maximum Gasteiger partial charge on any atom is 0.337 e. The van der Waals surface area contributed by atoms with Gasteiger partial charge in [0.2, 0.25) is 0 Å². The molecule has 1 aliphatic heterocycles. The van der Waals surface area contributed by atoms with E-state index < -0.39 is 17.9 Å². The highest BCUT2D eigenvalue weighted by atomic mass is 35.5. The number of esters is 2. The number of halogens is 1. The summed E-state index contributed by atoms with van der Waals surface area (Å²) in [4.78, 5) is 26.4. The summed E-state index contributed by atoms with van der Waals surface area (Å²) in [5.74, 6) is -1.25. The van der Waals surface area contributed by atoms with Crippen molar-refractivity contribution in [1.29, 1.82) is 5.26 Å². The Labute approximate surface area is 215 Å². The number of hydrogen-bond acceptors (Lipinski definition) is 7. The van der Waals surface area contributed by atoms with Crippen LogP contribution in [0.4, 0.5) is 0 Å². The molecule has 2 aromatic rings. The van der Waals surface area contributed by atoms with Crippen molar-refractivity contribution in [3.05, 3.63) is 93.3 Å². The number of nitrogens with zero attached hydrogens (tertiary/aromatic N) is 1. The summed E-state index contributed by atoms with van der Waals surface area (Å²) in [7, 11) is 1.59. The van der Waals surface area contributed by atoms with Crippen LogP contribution in [0.1, 0.15) is 37.3 Å². The largest absolute Gasteiger partial charge is 0.496 e. The van der Waals surface area contributed by atoms with Gasteiger partial charge in [-0.05, 0) is 43.7 Å². The molecule has 0 aromatic heterocycles. The summed E-state index contributed by atoms with van der Waals surface area (Å²) >= 11 is 6.24. The number of hydrogen-bond donors (Lipinski definition) is 1. The van der Waals surface area contributed by atoms with Crippen molar-refractivity contribution in [3.8, 4) is 11.8 Å². The first-order chi connectivity index (χ1) is 17.4. The van der Waals surface area contributed by atoms with Gasteiger partial charge in [-0.25, -0.2) is 9.59 Å². The van der Waals surface area contributed by atoms with E-state index in [4.69, 9.17) is 31.1 Å². The molecule has 0 saturated heterocycles. The SMILES string of the molecule is COc1ccccc1/C=C/COC(=O)C1=C(C)NC(C)=C(C(=O)OCCC#N)C1c1cccc(Cl)c1. The number of methoxy groups -OCH3 is 1. The van der Waals surface area contributed by atoms with E-state index in [1.807, 2.05) is 36.4 Å². The molecular weight excluding hydrogens is 480 g/mol. The number of nitriles is 1. The van der Waals surface area contributed by atoms with Gasteiger partial charge in [-0.1, -0.05) is 48.0 Å². The number of para-hydroxylation sites is 1. The van der Waals surface area contributed by atoms with Crippen LogP contribution in [0.3, 0.4) is 0 Å². The van der Waals surface area contributed by atoms with E-state index in [9.17, 15) is 9.59 Å². The van der Waals surface area contributed by atoms with E-state index in [2.05, 4.69) is 5.32 Å². The average molecular weight is 507 g/mol. The van der Waals surface area contributed by atoms with Crippen LogP contribution in [-0.4, -0.2) is 32.3 Å². The molecule has 8 heteroatoms. The fraction of sp³-hybridized carbons (Fsp3) is 0.250. The zero-order valence-corrected chi connectivity index (χ0v) is 21.1. The first kappa shape index (κ1) is 26.6. The second-order valence-corrected chi connectivity index (χ2v) is 8.41. The predicted molar refractivity (Wildman–Crippen MR) is 137 cm³/mol. The Balaban J connectivity index is 1.88. The van der Waals surface area contributed by atoms with E-state index in [1.165, 1.54) is 0 Å². The third-order valence-electron chi connectivity index (χ3n) is 5.58. The van der Waals surface area contributed by atoms with Gasteiger partial charge in [0.05, 0.1) is 36.7 Å². The van der Waals surface area contributed by atoms with Gasteiger partial charge in [0.25, 0.3) is 0 Å². The fourth-order valence-electron chi connectivity index (χ4n) is 4.00. The molecule has 0 aliphatic carbocycles. The van der Waals surface area contributed by atoms with Crippen molar-refractivity contribution in [2.24, 2.45) is 0 Å². The second kappa shape index (κ2) is 12.6. The topological polar surface area (TPSA) is 97.7 Å². The summed E-state index contributed by atoms with van der Waals surface area (Å²) in [5.41, 5.74) is 3.14. The number of nitrogens with one attached hydrogen (secondary N) is 1. The molecule has 3 rings (SSSR count). The van der Waals surface area contributed by atoms with E-state index in [1.54, 1.807) is 51.3 Å². The van der Waals surface area contributed by atoms with Crippen molar-refractivity contribution in [2.45, 2.75) is 26.2 Å². The van der Waals surface area contributed by atoms with Crippen LogP contribution in [0.2, 0.25) is 5.02 Å². The standard InChI is InChI=1S/C28H27ClN2O5/c1-18-24(27(32)35-15-7-11-20-9-4-5-13-23(20)34-3)26(21-10-6-12-22(29)17-21)25(19(2)31-18)28(33)36-16-8-14-30/h4-7,9-13,17,26,31H,8,15-16H2,1-3H3/b11-7+. The Kier molecular flexibility index (Phi) is 9.32. The molecule has 0 spiro atoms. The minimum atomic E-state index is -0.759. The lowest BCUT2D eigenvalue weighted by atomic mass is 9.80. The minimum Gasteiger partial charge on any atom is -0.496 e. The number of dihydropyridines is 1. The Morgan fingerprint density at radius 1 is 1.06 bits per heavy atom. The van der Waals surface area contributed by atoms with Crippen LogP contribution < -0.4 is 10.1 Å². The van der Waals surface area contributed by atoms with Crippen LogP contribution in [0, 0.1) is 11.3 Å². The molecule has 2 aromatic carbocycles. The summed E-state index contributed by atoms with van der Waals surface area (Å²) < 4.78 is 16.2. The lowest BCUT2D eigenvalue weighted by molar-refractivity contribution is -0.139. The van der Waals surface area contributed by atoms with E-state index >= 15 is 0 Å². The molecule has 1 unspecified atom stereocenters. The number of carbonyl (C=O) groups excluding carboxylic acids is 2. The summed E-state index contributed by atoms with van der Waals surface area (Å²) in [5, 5.41) is 12.4. The van der Waals surface area contributed by atoms with Gasteiger partial charge in [-0.15, -0.1) is 0 Å². The molecule has 0 bridgehead atoms. The third kappa shape index (κ3) is 6.35. The molecule has 0 saturated carbocycles. The van der Waals surface area contributed by atoms with Gasteiger partial charge >= 0.3 is 11.9 Å². The number of ether oxygens (including phenoxy) is 3. The molecule has 0 radical (unpaired) electrons. The van der Waals surface area contributed by atoms with Crippen molar-refractivity contribution in [2.75, 3.05) is 20.3 Å². The third-order valence-corrected chi connectivity index (χ3v) is 5.81. The molecule has 7 nitrogen and oxygen atoms in total. The maximum atomic E-state index is 13.3. The van der Waals surface area contributed by atoms with Gasteiger partial charge in [0.15, 0.2) is 0 Å². The maximum absolute atomic E-state index is 13.3. The fourth-order valence-corrected chi connectivity index (χ4v) is 4.20. The van der Waals surface area contributed by atoms with E-state index in [-0.39, 0.29) is 30.8 Å². The lowest BCUT2D eigenvalue weighted by Gasteiger charge is -2.30. The molecule has 1 N–H and O–H groups in total. The van der Waals surface area contributed by atoms with Crippen LogP contribution in [0.25, 0.3) is 6.08 Å². The number of allylic oxidation sites excluding steroid dienone is 2. The highest BCUT2D eigenvalue weighted by Crippen LogP contribution is 2.40. The van der Waals surface area contributed by atoms with Gasteiger partial charge in [0, 0.05) is 22.0 Å². The molecule has 0 fully saturated rings. The number of carbonyl (C=O) groups is 2. The molecule has 36 heavy (non-hydrogen) atoms. The zero-order valence-electron chi connectivity index (χ0n) is 20.3. The van der Waals surface area contributed by atoms with Gasteiger partial charge in [-0.3, -0.25) is 0 Å². The van der Waals surface area contributed by atoms with Crippen molar-refractivity contribution in [1.82, 2.24) is 5.32 Å². The molecule has 186 valence electrons. The smallest absolute Gasteiger partial charge is 0.337 e. The highest BCUT2D eigenvalue weighted by Gasteiger charge is 2.38. The summed E-state index contributed by atoms with van der Waals surface area (Å²) in [6.07, 6.45) is 3.59. The molecule has 1 aliphatic rings. The normalized spacial score (nSPS) is 15.4. The van der Waals surface area contributed by atoms with Crippen molar-refractivity contribution >= 4 is 29.6 Å². The van der Waals surface area contributed by atoms with E-state index in [0.717, 1.165) is 5.56 Å². The highest BCUT2D eigenvalue weighted by molar-refractivity contribution is 6.30. The summed E-state index contributed by atoms with van der Waals surface area (Å²) in [6, 6.07) is 16.4. The number of benzene rings is 2. The van der Waals surface area contributed by atoms with Crippen LogP contribution in [0.5, 0.6) is 5.75 Å². The first-order valence-electron chi connectivity index (χ1n) is 11.3. The van der Waals surface area contributed by atoms with Crippen molar-refractivity contribution in [3.63, 3.8) is 0 Å². The van der Waals surface area contributed by atoms with Crippen LogP contribution in [-0.2, 0) is 19.1 Å². The number of rotatable bonds is 9. The van der Waals surface area contributed by atoms with E-state index in [0.29, 0.717) is 27.7 Å². The predicted octanol–water partition coefficient (Wildman–Crippen LogP) is 5.30. The Bertz CT molecular complexity index is 1270. The molecular formula is C28H27ClN2O5. The van der Waals surface area contributed by atoms with Gasteiger partial charge in [0.1, 0.15) is 19.0 Å². The van der Waals surface area contributed by atoms with Crippen LogP contribution in [0.15, 0.2) is 77.1 Å². The zero-order chi connectivity index (χ0) is 26.1. The van der Waals surface area contributed by atoms with Crippen LogP contribution >= 0.6 is 11.6 Å². The Morgan fingerprint density at radius 3 is 2.42 bits per heavy atom. The minimum absolute atomic E-state index is 0.0145. The Morgan fingerprint density at radius 2 is 1.75 bits per heavy atom. The second-order valence-electron chi connectivity index (χ2n) is 7.98. The monoisotopic (exact) mass is 506 g/mol. The first-order valence-corrected chi connectivity index (χ1v) is 11.7. The summed E-state index contributed by atoms with van der Waals surface area (Å²) in [6.45, 7) is 3.45. The average Bonchev–Trinajstić information content (AvgIpc) is 2.86.